The molecule has 0 aliphatic carbocycles. The third-order valence-electron chi connectivity index (χ3n) is 1.88. The van der Waals surface area contributed by atoms with Crippen LogP contribution in [0.15, 0.2) is 4.99 Å². The first-order chi connectivity index (χ1) is 7.49. The Balaban J connectivity index is 4.20. The highest BCUT2D eigenvalue weighted by Crippen LogP contribution is 1.96. The van der Waals surface area contributed by atoms with E-state index in [-0.39, 0.29) is 11.8 Å². The van der Waals surface area contributed by atoms with E-state index < -0.39 is 0 Å². The van der Waals surface area contributed by atoms with Gasteiger partial charge in [-0.25, -0.2) is 0 Å². The number of carbonyl (C=O) groups excluding carboxylic acids is 1. The van der Waals surface area contributed by atoms with Gasteiger partial charge in [-0.2, -0.15) is 0 Å². The number of terminal acetylenes is 1. The molecule has 0 aromatic heterocycles. The second-order valence-electron chi connectivity index (χ2n) is 3.73. The van der Waals surface area contributed by atoms with Crippen LogP contribution in [-0.2, 0) is 4.79 Å². The van der Waals surface area contributed by atoms with Gasteiger partial charge in [0.05, 0.1) is 5.71 Å². The van der Waals surface area contributed by atoms with Gasteiger partial charge in [0.25, 0.3) is 5.91 Å². The summed E-state index contributed by atoms with van der Waals surface area (Å²) in [6, 6.07) is 0. The summed E-state index contributed by atoms with van der Waals surface area (Å²) in [5.74, 6) is 8.53. The zero-order chi connectivity index (χ0) is 12.6. The topological polar surface area (TPSA) is 32.7 Å². The molecular weight excluding hydrogens is 200 g/mol. The summed E-state index contributed by atoms with van der Waals surface area (Å²) < 4.78 is 0. The molecule has 0 aromatic carbocycles. The molecule has 0 aromatic rings. The van der Waals surface area contributed by atoms with Gasteiger partial charge >= 0.3 is 0 Å². The summed E-state index contributed by atoms with van der Waals surface area (Å²) in [4.78, 5) is 17.0. The maximum atomic E-state index is 11.4. The van der Waals surface area contributed by atoms with Crippen molar-refractivity contribution >= 4 is 11.6 Å². The molecule has 0 saturated heterocycles. The molecule has 1 atom stereocenters. The normalized spacial score (nSPS) is 12.1. The summed E-state index contributed by atoms with van der Waals surface area (Å²) in [6.45, 7) is 4.00. The number of amides is 1. The lowest BCUT2D eigenvalue weighted by atomic mass is 10.1. The Morgan fingerprint density at radius 3 is 2.62 bits per heavy atom. The number of rotatable bonds is 3. The highest BCUT2D eigenvalue weighted by molar-refractivity contribution is 6.37. The monoisotopic (exact) mass is 218 g/mol. The average Bonchev–Trinajstić information content (AvgIpc) is 2.23. The van der Waals surface area contributed by atoms with Crippen LogP contribution in [0, 0.1) is 30.1 Å². The Labute approximate surface area is 97.9 Å². The van der Waals surface area contributed by atoms with Gasteiger partial charge < -0.3 is 4.90 Å². The predicted molar refractivity (Wildman–Crippen MR) is 67.1 cm³/mol. The largest absolute Gasteiger partial charge is 0.344 e. The Kier molecular flexibility index (Phi) is 6.72. The molecule has 0 spiro atoms. The van der Waals surface area contributed by atoms with Crippen molar-refractivity contribution in [2.45, 2.75) is 20.3 Å². The number of nitrogens with zero attached hydrogens (tertiary/aromatic N) is 2. The lowest BCUT2D eigenvalue weighted by Crippen LogP contribution is -2.28. The van der Waals surface area contributed by atoms with Crippen molar-refractivity contribution in [1.29, 1.82) is 0 Å². The second-order valence-corrected chi connectivity index (χ2v) is 3.73. The summed E-state index contributed by atoms with van der Waals surface area (Å²) in [7, 11) is 3.39. The Morgan fingerprint density at radius 2 is 2.12 bits per heavy atom. The highest BCUT2D eigenvalue weighted by Gasteiger charge is 2.06. The molecule has 0 saturated carbocycles. The minimum Gasteiger partial charge on any atom is -0.344 e. The molecule has 3 heteroatoms. The fourth-order valence-electron chi connectivity index (χ4n) is 0.997. The Hall–Kier alpha value is -1.74. The van der Waals surface area contributed by atoms with Gasteiger partial charge in [-0.15, -0.1) is 12.3 Å². The Bertz CT molecular complexity index is 364. The molecule has 86 valence electrons. The van der Waals surface area contributed by atoms with Crippen molar-refractivity contribution in [3.63, 3.8) is 0 Å². The summed E-state index contributed by atoms with van der Waals surface area (Å²) in [6.07, 6.45) is 5.80. The van der Waals surface area contributed by atoms with E-state index in [1.165, 1.54) is 4.90 Å². The quantitative estimate of drug-likeness (QED) is 0.517. The van der Waals surface area contributed by atoms with Gasteiger partial charge in [0.1, 0.15) is 6.54 Å². The molecule has 0 rings (SSSR count). The van der Waals surface area contributed by atoms with Crippen LogP contribution in [0.25, 0.3) is 0 Å². The third-order valence-corrected chi connectivity index (χ3v) is 1.88. The summed E-state index contributed by atoms with van der Waals surface area (Å²) in [5.41, 5.74) is 0.476. The van der Waals surface area contributed by atoms with Crippen LogP contribution in [0.4, 0.5) is 0 Å². The van der Waals surface area contributed by atoms with E-state index in [4.69, 9.17) is 6.42 Å². The minimum atomic E-state index is -0.0847. The molecular formula is C13H18N2O. The molecule has 16 heavy (non-hydrogen) atoms. The maximum absolute atomic E-state index is 11.4. The molecule has 3 nitrogen and oxygen atoms in total. The van der Waals surface area contributed by atoms with Crippen LogP contribution in [0.1, 0.15) is 20.3 Å². The van der Waals surface area contributed by atoms with E-state index in [1.807, 2.05) is 6.92 Å². The molecule has 0 unspecified atom stereocenters. The molecule has 0 radical (unpaired) electrons. The smallest absolute Gasteiger partial charge is 0.267 e. The Morgan fingerprint density at radius 1 is 1.50 bits per heavy atom. The number of carbonyl (C=O) groups is 1. The van der Waals surface area contributed by atoms with Crippen LogP contribution >= 0.6 is 0 Å². The van der Waals surface area contributed by atoms with E-state index in [9.17, 15) is 4.79 Å². The molecule has 0 aliphatic heterocycles. The zero-order valence-electron chi connectivity index (χ0n) is 10.4. The third kappa shape index (κ3) is 5.88. The SMILES string of the molecule is C#CC[C@@H](C)C#CCN=C(C)C(=O)N(C)C. The van der Waals surface area contributed by atoms with Crippen molar-refractivity contribution in [2.24, 2.45) is 10.9 Å². The first-order valence-electron chi connectivity index (χ1n) is 5.13. The van der Waals surface area contributed by atoms with E-state index in [0.29, 0.717) is 18.7 Å². The molecule has 0 aliphatic rings. The highest BCUT2D eigenvalue weighted by atomic mass is 16.2. The zero-order valence-corrected chi connectivity index (χ0v) is 10.4. The van der Waals surface area contributed by atoms with Crippen LogP contribution < -0.4 is 0 Å². The van der Waals surface area contributed by atoms with Gasteiger partial charge in [0, 0.05) is 26.4 Å². The summed E-state index contributed by atoms with van der Waals surface area (Å²) >= 11 is 0. The van der Waals surface area contributed by atoms with Gasteiger partial charge in [-0.3, -0.25) is 9.79 Å². The van der Waals surface area contributed by atoms with Crippen LogP contribution in [0.2, 0.25) is 0 Å². The van der Waals surface area contributed by atoms with Crippen LogP contribution in [0.3, 0.4) is 0 Å². The maximum Gasteiger partial charge on any atom is 0.267 e. The van der Waals surface area contributed by atoms with E-state index in [2.05, 4.69) is 22.8 Å². The van der Waals surface area contributed by atoms with Gasteiger partial charge in [0.2, 0.25) is 0 Å². The van der Waals surface area contributed by atoms with Crippen LogP contribution in [0.5, 0.6) is 0 Å². The first kappa shape index (κ1) is 14.3. The van der Waals surface area contributed by atoms with E-state index in [1.54, 1.807) is 21.0 Å². The van der Waals surface area contributed by atoms with E-state index in [0.717, 1.165) is 0 Å². The number of aliphatic imine (C=N–C) groups is 1. The number of hydrogen-bond donors (Lipinski definition) is 0. The fourth-order valence-corrected chi connectivity index (χ4v) is 0.997. The average molecular weight is 218 g/mol. The first-order valence-corrected chi connectivity index (χ1v) is 5.13. The van der Waals surface area contributed by atoms with Gasteiger partial charge in [0.15, 0.2) is 0 Å². The number of hydrogen-bond acceptors (Lipinski definition) is 2. The molecule has 0 bridgehead atoms. The van der Waals surface area contributed by atoms with Gasteiger partial charge in [-0.05, 0) is 6.92 Å². The predicted octanol–water partition coefficient (Wildman–Crippen LogP) is 1.20. The standard InChI is InChI=1S/C13H18N2O/c1-6-8-11(2)9-7-10-14-12(3)13(16)15(4)5/h1,11H,8,10H2,2-5H3/t11-/m1/s1. The van der Waals surface area contributed by atoms with E-state index >= 15 is 0 Å². The van der Waals surface area contributed by atoms with Crippen molar-refractivity contribution in [3.05, 3.63) is 0 Å². The van der Waals surface area contributed by atoms with Crippen molar-refractivity contribution < 1.29 is 4.79 Å². The molecule has 1 amide bonds. The molecule has 0 N–H and O–H groups in total. The lowest BCUT2D eigenvalue weighted by Gasteiger charge is -2.08. The lowest BCUT2D eigenvalue weighted by molar-refractivity contribution is -0.121. The molecule has 0 heterocycles. The minimum absolute atomic E-state index is 0.0847. The van der Waals surface area contributed by atoms with Crippen molar-refractivity contribution in [3.8, 4) is 24.2 Å². The van der Waals surface area contributed by atoms with Gasteiger partial charge in [-0.1, -0.05) is 18.8 Å². The molecule has 0 fully saturated rings. The van der Waals surface area contributed by atoms with Crippen molar-refractivity contribution in [1.82, 2.24) is 4.90 Å². The van der Waals surface area contributed by atoms with Crippen molar-refractivity contribution in [2.75, 3.05) is 20.6 Å². The van der Waals surface area contributed by atoms with Crippen LogP contribution in [-0.4, -0.2) is 37.2 Å². The second kappa shape index (κ2) is 7.54. The summed E-state index contributed by atoms with van der Waals surface area (Å²) in [5, 5.41) is 0. The fraction of sp³-hybridized carbons (Fsp3) is 0.538.